The van der Waals surface area contributed by atoms with Gasteiger partial charge in [-0.25, -0.2) is 4.68 Å². The quantitative estimate of drug-likeness (QED) is 0.440. The number of halogens is 1. The van der Waals surface area contributed by atoms with Gasteiger partial charge in [-0.2, -0.15) is 5.10 Å². The summed E-state index contributed by atoms with van der Waals surface area (Å²) in [5.41, 5.74) is 3.96. The second kappa shape index (κ2) is 10.4. The molecule has 1 atom stereocenters. The number of ether oxygens (including phenoxy) is 2. The molecule has 1 N–H and O–H groups in total. The van der Waals surface area contributed by atoms with Crippen LogP contribution in [0.25, 0.3) is 16.9 Å². The normalized spacial score (nSPS) is 14.1. The number of hydrogen-bond acceptors (Lipinski definition) is 4. The van der Waals surface area contributed by atoms with Crippen LogP contribution in [0.4, 0.5) is 0 Å². The van der Waals surface area contributed by atoms with Crippen molar-refractivity contribution in [2.24, 2.45) is 5.92 Å². The standard InChI is InChI=1S/C27H25ClN2O4/c1-33-23-13-11-22(12-14-23)30-26(18-7-9-20(28)10-8-18)17-21(29-30)16-25(27(31)32)19-5-3-4-6-24(15-19)34-2/h4-15,17,25H,3,16H2,1-2H3,(H,31,32). The van der Waals surface area contributed by atoms with Crippen LogP contribution in [0, 0.1) is 5.92 Å². The number of rotatable bonds is 8. The van der Waals surface area contributed by atoms with Crippen molar-refractivity contribution in [2.75, 3.05) is 14.2 Å². The summed E-state index contributed by atoms with van der Waals surface area (Å²) in [6, 6.07) is 17.0. The molecule has 0 saturated carbocycles. The predicted octanol–water partition coefficient (Wildman–Crippen LogP) is 5.86. The van der Waals surface area contributed by atoms with Crippen LogP contribution in [-0.4, -0.2) is 35.1 Å². The van der Waals surface area contributed by atoms with Crippen molar-refractivity contribution in [3.8, 4) is 22.7 Å². The lowest BCUT2D eigenvalue weighted by molar-refractivity contribution is -0.140. The zero-order valence-electron chi connectivity index (χ0n) is 18.9. The van der Waals surface area contributed by atoms with E-state index < -0.39 is 11.9 Å². The molecule has 1 unspecified atom stereocenters. The van der Waals surface area contributed by atoms with Gasteiger partial charge in [0.1, 0.15) is 11.5 Å². The number of carboxylic acids is 1. The average Bonchev–Trinajstić information content (AvgIpc) is 3.12. The highest BCUT2D eigenvalue weighted by molar-refractivity contribution is 6.30. The Bertz CT molecular complexity index is 1250. The van der Waals surface area contributed by atoms with E-state index in [9.17, 15) is 9.90 Å². The van der Waals surface area contributed by atoms with Crippen LogP contribution in [0.15, 0.2) is 90.2 Å². The lowest BCUT2D eigenvalue weighted by atomic mass is 9.92. The Labute approximate surface area is 203 Å². The average molecular weight is 477 g/mol. The van der Waals surface area contributed by atoms with E-state index in [0.717, 1.165) is 22.7 Å². The molecule has 7 heteroatoms. The third kappa shape index (κ3) is 5.24. The van der Waals surface area contributed by atoms with Crippen LogP contribution >= 0.6 is 11.6 Å². The molecule has 174 valence electrons. The minimum atomic E-state index is -0.910. The second-order valence-corrected chi connectivity index (χ2v) is 8.26. The minimum absolute atomic E-state index is 0.235. The Morgan fingerprint density at radius 1 is 1.12 bits per heavy atom. The number of carboxylic acid groups (broad SMARTS) is 1. The minimum Gasteiger partial charge on any atom is -0.497 e. The number of allylic oxidation sites excluding steroid dienone is 4. The third-order valence-electron chi connectivity index (χ3n) is 5.65. The molecule has 0 spiro atoms. The maximum atomic E-state index is 12.3. The van der Waals surface area contributed by atoms with Crippen molar-refractivity contribution in [1.82, 2.24) is 9.78 Å². The summed E-state index contributed by atoms with van der Waals surface area (Å²) in [6.07, 6.45) is 8.36. The van der Waals surface area contributed by atoms with Crippen molar-refractivity contribution < 1.29 is 19.4 Å². The van der Waals surface area contributed by atoms with E-state index >= 15 is 0 Å². The van der Waals surface area contributed by atoms with Gasteiger partial charge in [0.2, 0.25) is 0 Å². The number of benzene rings is 2. The molecule has 0 bridgehead atoms. The fourth-order valence-electron chi connectivity index (χ4n) is 3.86. The van der Waals surface area contributed by atoms with E-state index in [1.807, 2.05) is 77.5 Å². The first kappa shape index (κ1) is 23.4. The monoisotopic (exact) mass is 476 g/mol. The fraction of sp³-hybridized carbons (Fsp3) is 0.185. The van der Waals surface area contributed by atoms with Crippen LogP contribution in [0.5, 0.6) is 5.75 Å². The van der Waals surface area contributed by atoms with Gasteiger partial charge in [0.05, 0.1) is 37.2 Å². The zero-order chi connectivity index (χ0) is 24.1. The van der Waals surface area contributed by atoms with Crippen LogP contribution in [0.1, 0.15) is 12.1 Å². The summed E-state index contributed by atoms with van der Waals surface area (Å²) in [6.45, 7) is 0. The molecule has 6 nitrogen and oxygen atoms in total. The van der Waals surface area contributed by atoms with Gasteiger partial charge in [-0.15, -0.1) is 0 Å². The Kier molecular flexibility index (Phi) is 7.18. The summed E-state index contributed by atoms with van der Waals surface area (Å²) >= 11 is 6.09. The Morgan fingerprint density at radius 3 is 2.50 bits per heavy atom. The first-order chi connectivity index (χ1) is 16.5. The van der Waals surface area contributed by atoms with Crippen LogP contribution in [0.2, 0.25) is 5.02 Å². The maximum absolute atomic E-state index is 12.3. The fourth-order valence-corrected chi connectivity index (χ4v) is 3.99. The van der Waals surface area contributed by atoms with E-state index in [0.29, 0.717) is 28.5 Å². The predicted molar refractivity (Wildman–Crippen MR) is 132 cm³/mol. The molecule has 3 aromatic rings. The lowest BCUT2D eigenvalue weighted by Gasteiger charge is -2.13. The maximum Gasteiger partial charge on any atom is 0.311 e. The topological polar surface area (TPSA) is 73.6 Å². The highest BCUT2D eigenvalue weighted by Crippen LogP contribution is 2.29. The number of hydrogen-bond donors (Lipinski definition) is 1. The molecule has 2 aromatic carbocycles. The van der Waals surface area contributed by atoms with E-state index in [1.165, 1.54) is 0 Å². The Morgan fingerprint density at radius 2 is 1.85 bits per heavy atom. The molecule has 4 rings (SSSR count). The molecule has 1 heterocycles. The van der Waals surface area contributed by atoms with Crippen molar-refractivity contribution in [2.45, 2.75) is 12.8 Å². The van der Waals surface area contributed by atoms with Crippen molar-refractivity contribution in [3.05, 3.63) is 101 Å². The smallest absolute Gasteiger partial charge is 0.311 e. The lowest BCUT2D eigenvalue weighted by Crippen LogP contribution is -2.19. The molecule has 0 saturated heterocycles. The number of carbonyl (C=O) groups is 1. The van der Waals surface area contributed by atoms with E-state index in [-0.39, 0.29) is 6.42 Å². The summed E-state index contributed by atoms with van der Waals surface area (Å²) in [7, 11) is 3.19. The number of aliphatic carboxylic acids is 1. The highest BCUT2D eigenvalue weighted by Gasteiger charge is 2.25. The zero-order valence-corrected chi connectivity index (χ0v) is 19.7. The first-order valence-electron chi connectivity index (χ1n) is 10.8. The summed E-state index contributed by atoms with van der Waals surface area (Å²) in [5, 5.41) is 15.5. The molecular weight excluding hydrogens is 452 g/mol. The molecule has 34 heavy (non-hydrogen) atoms. The molecule has 0 amide bonds. The molecular formula is C27H25ClN2O4. The highest BCUT2D eigenvalue weighted by atomic mass is 35.5. The van der Waals surface area contributed by atoms with Gasteiger partial charge in [-0.05, 0) is 66.6 Å². The molecule has 0 radical (unpaired) electrons. The molecule has 0 fully saturated rings. The Balaban J connectivity index is 1.74. The first-order valence-corrected chi connectivity index (χ1v) is 11.2. The van der Waals surface area contributed by atoms with Crippen LogP contribution in [-0.2, 0) is 16.0 Å². The van der Waals surface area contributed by atoms with Crippen molar-refractivity contribution in [1.29, 1.82) is 0 Å². The van der Waals surface area contributed by atoms with Gasteiger partial charge >= 0.3 is 5.97 Å². The number of nitrogens with zero attached hydrogens (tertiary/aromatic N) is 2. The van der Waals surface area contributed by atoms with E-state index in [1.54, 1.807) is 20.3 Å². The largest absolute Gasteiger partial charge is 0.497 e. The van der Waals surface area contributed by atoms with Crippen LogP contribution in [0.3, 0.4) is 0 Å². The summed E-state index contributed by atoms with van der Waals surface area (Å²) in [5.74, 6) is -0.306. The second-order valence-electron chi connectivity index (χ2n) is 7.83. The van der Waals surface area contributed by atoms with Gasteiger partial charge in [0, 0.05) is 17.0 Å². The van der Waals surface area contributed by atoms with Gasteiger partial charge in [0.25, 0.3) is 0 Å². The Hall–Kier alpha value is -3.77. The molecule has 1 aliphatic carbocycles. The van der Waals surface area contributed by atoms with Gasteiger partial charge in [-0.1, -0.05) is 35.9 Å². The van der Waals surface area contributed by atoms with Crippen molar-refractivity contribution >= 4 is 17.6 Å². The number of aromatic nitrogens is 2. The van der Waals surface area contributed by atoms with E-state index in [2.05, 4.69) is 0 Å². The number of methoxy groups -OCH3 is 2. The van der Waals surface area contributed by atoms with Crippen LogP contribution < -0.4 is 4.74 Å². The van der Waals surface area contributed by atoms with Gasteiger partial charge in [0.15, 0.2) is 0 Å². The van der Waals surface area contributed by atoms with Gasteiger partial charge < -0.3 is 14.6 Å². The SMILES string of the molecule is COC1=CC(C(Cc2cc(-c3ccc(Cl)cc3)n(-c3ccc(OC)cc3)n2)C(=O)O)=CCC=C1. The van der Waals surface area contributed by atoms with Crippen molar-refractivity contribution in [3.63, 3.8) is 0 Å². The molecule has 0 aliphatic heterocycles. The van der Waals surface area contributed by atoms with E-state index in [4.69, 9.17) is 26.2 Å². The molecule has 1 aliphatic rings. The van der Waals surface area contributed by atoms with Gasteiger partial charge in [-0.3, -0.25) is 4.79 Å². The summed E-state index contributed by atoms with van der Waals surface area (Å²) < 4.78 is 12.4. The summed E-state index contributed by atoms with van der Waals surface area (Å²) in [4.78, 5) is 12.3. The molecule has 1 aromatic heterocycles. The third-order valence-corrected chi connectivity index (χ3v) is 5.90.